The molecule has 0 fully saturated rings. The lowest BCUT2D eigenvalue weighted by Gasteiger charge is -2.12. The molecule has 0 amide bonds. The third kappa shape index (κ3) is 4.17. The molecule has 0 spiro atoms. The number of carboxylic acids is 1. The van der Waals surface area contributed by atoms with Crippen LogP contribution in [0.3, 0.4) is 0 Å². The summed E-state index contributed by atoms with van der Waals surface area (Å²) in [6.45, 7) is 1.06. The Morgan fingerprint density at radius 2 is 2.00 bits per heavy atom. The number of para-hydroxylation sites is 1. The van der Waals surface area contributed by atoms with Crippen LogP contribution in [0.2, 0.25) is 0 Å². The highest BCUT2D eigenvalue weighted by molar-refractivity contribution is 5.94. The van der Waals surface area contributed by atoms with Gasteiger partial charge in [0.2, 0.25) is 0 Å². The van der Waals surface area contributed by atoms with Gasteiger partial charge in [0.05, 0.1) is 7.11 Å². The molecule has 1 N–H and O–H groups in total. The van der Waals surface area contributed by atoms with Crippen LogP contribution in [0.15, 0.2) is 30.5 Å². The van der Waals surface area contributed by atoms with Crippen LogP contribution >= 0.6 is 0 Å². The van der Waals surface area contributed by atoms with Gasteiger partial charge in [0.15, 0.2) is 5.69 Å². The van der Waals surface area contributed by atoms with Gasteiger partial charge in [0.1, 0.15) is 12.4 Å². The van der Waals surface area contributed by atoms with Gasteiger partial charge in [-0.25, -0.2) is 9.78 Å². The van der Waals surface area contributed by atoms with Crippen LogP contribution in [0.5, 0.6) is 11.8 Å². The van der Waals surface area contributed by atoms with Gasteiger partial charge in [-0.05, 0) is 20.2 Å². The number of likely N-dealkylation sites (N-methyl/N-ethyl adjacent to an activating group) is 1. The first-order valence-corrected chi connectivity index (χ1v) is 7.04. The Morgan fingerprint density at radius 1 is 1.26 bits per heavy atom. The normalized spacial score (nSPS) is 10.6. The molecule has 0 atom stereocenters. The maximum Gasteiger partial charge on any atom is 0.355 e. The molecule has 7 heteroatoms. The van der Waals surface area contributed by atoms with E-state index in [1.807, 2.05) is 25.1 Å². The Kier molecular flexibility index (Phi) is 5.48. The summed E-state index contributed by atoms with van der Waals surface area (Å²) >= 11 is 0. The predicted octanol–water partition coefficient (Wildman–Crippen LogP) is 1.79. The Labute approximate surface area is 134 Å². The Hall–Kier alpha value is -2.67. The fourth-order valence-corrected chi connectivity index (χ4v) is 1.98. The van der Waals surface area contributed by atoms with Gasteiger partial charge in [0, 0.05) is 23.9 Å². The van der Waals surface area contributed by atoms with Gasteiger partial charge >= 0.3 is 12.0 Å². The van der Waals surface area contributed by atoms with Crippen LogP contribution in [0.1, 0.15) is 10.5 Å². The number of benzene rings is 1. The standard InChI is InChI=1S/C16H19N3O4/c1-19(2)8-9-23-16-17-10-12(14(18-16)15(20)21)11-6-4-5-7-13(11)22-3/h4-7,10H,8-9H2,1-3H3,(H,20,21). The summed E-state index contributed by atoms with van der Waals surface area (Å²) in [5.74, 6) is -0.592. The molecule has 122 valence electrons. The Bertz CT molecular complexity index is 689. The van der Waals surface area contributed by atoms with E-state index in [9.17, 15) is 9.90 Å². The zero-order chi connectivity index (χ0) is 16.8. The van der Waals surface area contributed by atoms with E-state index in [4.69, 9.17) is 9.47 Å². The lowest BCUT2D eigenvalue weighted by molar-refractivity contribution is 0.0689. The molecule has 0 radical (unpaired) electrons. The molecule has 0 unspecified atom stereocenters. The second kappa shape index (κ2) is 7.55. The van der Waals surface area contributed by atoms with Crippen molar-refractivity contribution < 1.29 is 19.4 Å². The van der Waals surface area contributed by atoms with Crippen LogP contribution in [-0.2, 0) is 0 Å². The van der Waals surface area contributed by atoms with Gasteiger partial charge < -0.3 is 19.5 Å². The number of rotatable bonds is 7. The highest BCUT2D eigenvalue weighted by Gasteiger charge is 2.18. The number of hydrogen-bond donors (Lipinski definition) is 1. The average molecular weight is 317 g/mol. The SMILES string of the molecule is COc1ccccc1-c1cnc(OCCN(C)C)nc1C(=O)O. The van der Waals surface area contributed by atoms with Gasteiger partial charge in [-0.1, -0.05) is 18.2 Å². The predicted molar refractivity (Wildman–Crippen MR) is 85.0 cm³/mol. The van der Waals surface area contributed by atoms with Crippen LogP contribution in [-0.4, -0.2) is 60.3 Å². The van der Waals surface area contributed by atoms with E-state index in [0.29, 0.717) is 30.0 Å². The zero-order valence-corrected chi connectivity index (χ0v) is 13.3. The van der Waals surface area contributed by atoms with E-state index in [-0.39, 0.29) is 11.7 Å². The fourth-order valence-electron chi connectivity index (χ4n) is 1.98. The molecule has 0 saturated carbocycles. The number of aromatic nitrogens is 2. The second-order valence-corrected chi connectivity index (χ2v) is 5.07. The summed E-state index contributed by atoms with van der Waals surface area (Å²) < 4.78 is 10.7. The monoisotopic (exact) mass is 317 g/mol. The van der Waals surface area contributed by atoms with E-state index >= 15 is 0 Å². The van der Waals surface area contributed by atoms with E-state index in [1.54, 1.807) is 18.2 Å². The molecule has 0 aliphatic carbocycles. The van der Waals surface area contributed by atoms with E-state index in [2.05, 4.69) is 9.97 Å². The zero-order valence-electron chi connectivity index (χ0n) is 13.3. The molecule has 1 heterocycles. The molecule has 7 nitrogen and oxygen atoms in total. The van der Waals surface area contributed by atoms with Crippen molar-refractivity contribution in [1.29, 1.82) is 0 Å². The second-order valence-electron chi connectivity index (χ2n) is 5.07. The first kappa shape index (κ1) is 16.7. The molecule has 0 saturated heterocycles. The van der Waals surface area contributed by atoms with Crippen molar-refractivity contribution in [3.63, 3.8) is 0 Å². The van der Waals surface area contributed by atoms with E-state index in [0.717, 1.165) is 0 Å². The molecule has 0 aliphatic heterocycles. The largest absolute Gasteiger partial charge is 0.496 e. The number of carbonyl (C=O) groups is 1. The molecule has 0 bridgehead atoms. The van der Waals surface area contributed by atoms with Crippen LogP contribution < -0.4 is 9.47 Å². The summed E-state index contributed by atoms with van der Waals surface area (Å²) in [5.41, 5.74) is 0.881. The number of nitrogens with zero attached hydrogens (tertiary/aromatic N) is 3. The highest BCUT2D eigenvalue weighted by atomic mass is 16.5. The highest BCUT2D eigenvalue weighted by Crippen LogP contribution is 2.31. The molecule has 0 aliphatic rings. The first-order chi connectivity index (χ1) is 11.0. The van der Waals surface area contributed by atoms with Crippen molar-refractivity contribution >= 4 is 5.97 Å². The number of carboxylic acid groups (broad SMARTS) is 1. The quantitative estimate of drug-likeness (QED) is 0.833. The van der Waals surface area contributed by atoms with E-state index in [1.165, 1.54) is 13.3 Å². The van der Waals surface area contributed by atoms with Crippen molar-refractivity contribution in [2.75, 3.05) is 34.4 Å². The van der Waals surface area contributed by atoms with Crippen LogP contribution in [0.25, 0.3) is 11.1 Å². The summed E-state index contributed by atoms with van der Waals surface area (Å²) in [6.07, 6.45) is 1.44. The van der Waals surface area contributed by atoms with Gasteiger partial charge in [0.25, 0.3) is 0 Å². The molecule has 1 aromatic carbocycles. The van der Waals surface area contributed by atoms with Crippen molar-refractivity contribution in [3.8, 4) is 22.9 Å². The maximum atomic E-state index is 11.5. The summed E-state index contributed by atoms with van der Waals surface area (Å²) in [6, 6.07) is 7.16. The fraction of sp³-hybridized carbons (Fsp3) is 0.312. The summed E-state index contributed by atoms with van der Waals surface area (Å²) in [7, 11) is 5.36. The summed E-state index contributed by atoms with van der Waals surface area (Å²) in [4.78, 5) is 21.6. The minimum absolute atomic E-state index is 0.0443. The summed E-state index contributed by atoms with van der Waals surface area (Å²) in [5, 5.41) is 9.43. The van der Waals surface area contributed by atoms with Gasteiger partial charge in [-0.3, -0.25) is 0 Å². The van der Waals surface area contributed by atoms with Crippen molar-refractivity contribution in [2.45, 2.75) is 0 Å². The lowest BCUT2D eigenvalue weighted by Crippen LogP contribution is -2.20. The van der Waals surface area contributed by atoms with Gasteiger partial charge in [-0.15, -0.1) is 0 Å². The third-order valence-electron chi connectivity index (χ3n) is 3.14. The van der Waals surface area contributed by atoms with Crippen LogP contribution in [0.4, 0.5) is 0 Å². The van der Waals surface area contributed by atoms with Crippen molar-refractivity contribution in [3.05, 3.63) is 36.2 Å². The smallest absolute Gasteiger partial charge is 0.355 e. The van der Waals surface area contributed by atoms with Crippen molar-refractivity contribution in [1.82, 2.24) is 14.9 Å². The Balaban J connectivity index is 2.35. The molecule has 2 rings (SSSR count). The lowest BCUT2D eigenvalue weighted by atomic mass is 10.0. The van der Waals surface area contributed by atoms with E-state index < -0.39 is 5.97 Å². The first-order valence-electron chi connectivity index (χ1n) is 7.04. The topological polar surface area (TPSA) is 84.8 Å². The molecule has 23 heavy (non-hydrogen) atoms. The average Bonchev–Trinajstić information content (AvgIpc) is 2.54. The van der Waals surface area contributed by atoms with Gasteiger partial charge in [-0.2, -0.15) is 4.98 Å². The molecular weight excluding hydrogens is 298 g/mol. The maximum absolute atomic E-state index is 11.5. The molecule has 2 aromatic rings. The number of aromatic carboxylic acids is 1. The number of ether oxygens (including phenoxy) is 2. The van der Waals surface area contributed by atoms with Crippen molar-refractivity contribution in [2.24, 2.45) is 0 Å². The minimum Gasteiger partial charge on any atom is -0.496 e. The number of hydrogen-bond acceptors (Lipinski definition) is 6. The Morgan fingerprint density at radius 3 is 2.65 bits per heavy atom. The number of methoxy groups -OCH3 is 1. The molecule has 1 aromatic heterocycles. The molecular formula is C16H19N3O4. The van der Waals surface area contributed by atoms with Crippen LogP contribution in [0, 0.1) is 0 Å². The minimum atomic E-state index is -1.15. The third-order valence-corrected chi connectivity index (χ3v) is 3.14.